The van der Waals surface area contributed by atoms with Crippen LogP contribution in [0.3, 0.4) is 0 Å². The Morgan fingerprint density at radius 2 is 1.85 bits per heavy atom. The summed E-state index contributed by atoms with van der Waals surface area (Å²) in [5.41, 5.74) is 2.70. The molecule has 168 valence electrons. The van der Waals surface area contributed by atoms with Gasteiger partial charge in [-0.1, -0.05) is 30.3 Å². The smallest absolute Gasteiger partial charge is 0.341 e. The second-order valence-electron chi connectivity index (χ2n) is 8.11. The molecule has 1 fully saturated rings. The van der Waals surface area contributed by atoms with Gasteiger partial charge in [-0.05, 0) is 42.7 Å². The first-order valence-corrected chi connectivity index (χ1v) is 11.7. The monoisotopic (exact) mass is 461 g/mol. The van der Waals surface area contributed by atoms with Crippen LogP contribution in [0, 0.1) is 6.92 Å². The largest absolute Gasteiger partial charge is 0.477 e. The zero-order valence-corrected chi connectivity index (χ0v) is 18.9. The summed E-state index contributed by atoms with van der Waals surface area (Å²) in [6.07, 6.45) is 4.50. The van der Waals surface area contributed by atoms with Crippen LogP contribution in [0.2, 0.25) is 0 Å². The number of benzene rings is 1. The molecule has 1 saturated heterocycles. The van der Waals surface area contributed by atoms with Crippen LogP contribution in [-0.2, 0) is 0 Å². The lowest BCUT2D eigenvalue weighted by atomic mass is 9.89. The number of carbonyl (C=O) groups excluding carboxylic acids is 1. The van der Waals surface area contributed by atoms with Crippen LogP contribution in [0.15, 0.2) is 54.2 Å². The molecule has 0 atom stereocenters. The molecule has 9 heteroatoms. The minimum Gasteiger partial charge on any atom is -0.477 e. The molecule has 3 aromatic heterocycles. The van der Waals surface area contributed by atoms with Crippen molar-refractivity contribution in [1.82, 2.24) is 19.5 Å². The van der Waals surface area contributed by atoms with Crippen molar-refractivity contribution in [1.29, 1.82) is 0 Å². The van der Waals surface area contributed by atoms with Crippen molar-refractivity contribution >= 4 is 40.4 Å². The fourth-order valence-electron chi connectivity index (χ4n) is 4.31. The van der Waals surface area contributed by atoms with Gasteiger partial charge >= 0.3 is 5.97 Å². The molecule has 5 rings (SSSR count). The summed E-state index contributed by atoms with van der Waals surface area (Å²) in [6.45, 7) is 3.27. The maximum absolute atomic E-state index is 13.6. The Labute approximate surface area is 194 Å². The molecule has 8 nitrogen and oxygen atoms in total. The standard InChI is InChI=1S/C24H23N5O3S/c1-15-20(9-12-33-15)27-22-18(13-25-21-19(24(31)32)14-26-29(21)22)23(30)28-10-7-17(8-11-28)16-5-3-2-4-6-16/h2-6,9,12-14,17,27H,7-8,10-11H2,1H3,(H,31,32). The number of aryl methyl sites for hydroxylation is 1. The zero-order valence-electron chi connectivity index (χ0n) is 18.1. The number of thiophene rings is 1. The molecular formula is C24H23N5O3S. The lowest BCUT2D eigenvalue weighted by molar-refractivity contribution is 0.0695. The van der Waals surface area contributed by atoms with E-state index in [1.165, 1.54) is 22.5 Å². The van der Waals surface area contributed by atoms with E-state index >= 15 is 0 Å². The first-order valence-electron chi connectivity index (χ1n) is 10.8. The molecule has 0 saturated carbocycles. The van der Waals surface area contributed by atoms with Gasteiger partial charge in [0.25, 0.3) is 5.91 Å². The molecule has 1 aliphatic heterocycles. The third-order valence-electron chi connectivity index (χ3n) is 6.15. The van der Waals surface area contributed by atoms with Crippen molar-refractivity contribution in [3.8, 4) is 0 Å². The number of hydrogen-bond donors (Lipinski definition) is 2. The van der Waals surface area contributed by atoms with E-state index in [1.807, 2.05) is 41.5 Å². The molecule has 1 amide bonds. The fourth-order valence-corrected chi connectivity index (χ4v) is 4.97. The maximum atomic E-state index is 13.6. The number of nitrogens with one attached hydrogen (secondary N) is 1. The number of amides is 1. The van der Waals surface area contributed by atoms with Crippen molar-refractivity contribution in [3.05, 3.63) is 75.7 Å². The number of piperidine rings is 1. The van der Waals surface area contributed by atoms with Crippen LogP contribution < -0.4 is 5.32 Å². The average molecular weight is 462 g/mol. The van der Waals surface area contributed by atoms with Gasteiger partial charge in [0.2, 0.25) is 0 Å². The summed E-state index contributed by atoms with van der Waals surface area (Å²) in [6, 6.07) is 12.3. The third-order valence-corrected chi connectivity index (χ3v) is 7.00. The number of carboxylic acid groups (broad SMARTS) is 1. The summed E-state index contributed by atoms with van der Waals surface area (Å²) in [4.78, 5) is 32.3. The zero-order chi connectivity index (χ0) is 22.9. The van der Waals surface area contributed by atoms with Crippen molar-refractivity contribution in [2.24, 2.45) is 0 Å². The molecule has 0 unspecified atom stereocenters. The molecular weight excluding hydrogens is 438 g/mol. The lowest BCUT2D eigenvalue weighted by Crippen LogP contribution is -2.38. The molecule has 4 heterocycles. The number of fused-ring (bicyclic) bond motifs is 1. The Balaban J connectivity index is 1.47. The Morgan fingerprint density at radius 1 is 1.09 bits per heavy atom. The summed E-state index contributed by atoms with van der Waals surface area (Å²) in [7, 11) is 0. The molecule has 0 radical (unpaired) electrons. The molecule has 1 aromatic carbocycles. The van der Waals surface area contributed by atoms with E-state index in [0.717, 1.165) is 23.4 Å². The molecule has 33 heavy (non-hydrogen) atoms. The van der Waals surface area contributed by atoms with Gasteiger partial charge in [0.05, 0.1) is 11.9 Å². The van der Waals surface area contributed by atoms with E-state index in [0.29, 0.717) is 30.4 Å². The quantitative estimate of drug-likeness (QED) is 0.452. The van der Waals surface area contributed by atoms with Crippen molar-refractivity contribution in [3.63, 3.8) is 0 Å². The second-order valence-corrected chi connectivity index (χ2v) is 9.23. The van der Waals surface area contributed by atoms with E-state index < -0.39 is 5.97 Å². The third kappa shape index (κ3) is 3.95. The van der Waals surface area contributed by atoms with Crippen LogP contribution in [-0.4, -0.2) is 49.6 Å². The Hall–Kier alpha value is -3.72. The van der Waals surface area contributed by atoms with E-state index in [4.69, 9.17) is 0 Å². The summed E-state index contributed by atoms with van der Waals surface area (Å²) in [5, 5.41) is 19.0. The van der Waals surface area contributed by atoms with Crippen LogP contribution in [0.25, 0.3) is 5.65 Å². The average Bonchev–Trinajstić information content (AvgIpc) is 3.46. The highest BCUT2D eigenvalue weighted by atomic mass is 32.1. The van der Waals surface area contributed by atoms with Gasteiger partial charge in [0.15, 0.2) is 5.65 Å². The fraction of sp³-hybridized carbons (Fsp3) is 0.250. The Bertz CT molecular complexity index is 1320. The predicted octanol–water partition coefficient (Wildman–Crippen LogP) is 4.56. The maximum Gasteiger partial charge on any atom is 0.341 e. The molecule has 0 spiro atoms. The number of hydrogen-bond acceptors (Lipinski definition) is 6. The van der Waals surface area contributed by atoms with Crippen molar-refractivity contribution in [2.75, 3.05) is 18.4 Å². The van der Waals surface area contributed by atoms with Gasteiger partial charge in [0.1, 0.15) is 16.9 Å². The number of carbonyl (C=O) groups is 2. The van der Waals surface area contributed by atoms with E-state index in [1.54, 1.807) is 11.3 Å². The Morgan fingerprint density at radius 3 is 2.52 bits per heavy atom. The summed E-state index contributed by atoms with van der Waals surface area (Å²) in [5.74, 6) is -0.397. The minimum absolute atomic E-state index is 0.0113. The minimum atomic E-state index is -1.11. The number of aromatic carboxylic acids is 1. The number of aromatic nitrogens is 3. The van der Waals surface area contributed by atoms with Gasteiger partial charge in [-0.2, -0.15) is 9.61 Å². The summed E-state index contributed by atoms with van der Waals surface area (Å²) >= 11 is 1.58. The number of likely N-dealkylation sites (tertiary alicyclic amines) is 1. The molecule has 0 aliphatic carbocycles. The molecule has 4 aromatic rings. The number of nitrogens with zero attached hydrogens (tertiary/aromatic N) is 4. The molecule has 1 aliphatic rings. The van der Waals surface area contributed by atoms with Gasteiger partial charge in [-0.25, -0.2) is 9.78 Å². The van der Waals surface area contributed by atoms with Gasteiger partial charge in [0, 0.05) is 24.2 Å². The number of anilines is 2. The van der Waals surface area contributed by atoms with Crippen LogP contribution >= 0.6 is 11.3 Å². The molecule has 0 bridgehead atoms. The first-order chi connectivity index (χ1) is 16.0. The predicted molar refractivity (Wildman–Crippen MR) is 127 cm³/mol. The van der Waals surface area contributed by atoms with Gasteiger partial charge in [-0.3, -0.25) is 4.79 Å². The van der Waals surface area contributed by atoms with E-state index in [-0.39, 0.29) is 17.1 Å². The Kier molecular flexibility index (Phi) is 5.55. The lowest BCUT2D eigenvalue weighted by Gasteiger charge is -2.32. The highest BCUT2D eigenvalue weighted by Crippen LogP contribution is 2.31. The van der Waals surface area contributed by atoms with Gasteiger partial charge in [-0.15, -0.1) is 11.3 Å². The highest BCUT2D eigenvalue weighted by Gasteiger charge is 2.28. The van der Waals surface area contributed by atoms with Crippen molar-refractivity contribution in [2.45, 2.75) is 25.7 Å². The SMILES string of the molecule is Cc1sccc1Nc1c(C(=O)N2CCC(c3ccccc3)CC2)cnc2c(C(=O)O)cnn12. The van der Waals surface area contributed by atoms with Crippen molar-refractivity contribution < 1.29 is 14.7 Å². The number of rotatable bonds is 5. The first kappa shape index (κ1) is 21.1. The van der Waals surface area contributed by atoms with E-state index in [9.17, 15) is 14.7 Å². The number of carboxylic acids is 1. The van der Waals surface area contributed by atoms with Crippen LogP contribution in [0.1, 0.15) is 49.9 Å². The van der Waals surface area contributed by atoms with E-state index in [2.05, 4.69) is 27.5 Å². The van der Waals surface area contributed by atoms with Crippen LogP contribution in [0.5, 0.6) is 0 Å². The van der Waals surface area contributed by atoms with Gasteiger partial charge < -0.3 is 15.3 Å². The molecule has 2 N–H and O–H groups in total. The topological polar surface area (TPSA) is 99.8 Å². The second kappa shape index (κ2) is 8.67. The summed E-state index contributed by atoms with van der Waals surface area (Å²) < 4.78 is 1.41. The highest BCUT2D eigenvalue weighted by molar-refractivity contribution is 7.10. The van der Waals surface area contributed by atoms with Crippen LogP contribution in [0.4, 0.5) is 11.5 Å². The normalized spacial score (nSPS) is 14.5.